The van der Waals surface area contributed by atoms with Crippen molar-refractivity contribution in [1.82, 2.24) is 19.7 Å². The minimum atomic E-state index is -0.154. The van der Waals surface area contributed by atoms with Crippen LogP contribution in [0.25, 0.3) is 22.4 Å². The third kappa shape index (κ3) is 4.07. The Kier molecular flexibility index (Phi) is 5.71. The van der Waals surface area contributed by atoms with Crippen LogP contribution in [0.3, 0.4) is 0 Å². The quantitative estimate of drug-likeness (QED) is 0.230. The van der Waals surface area contributed by atoms with Gasteiger partial charge in [0.05, 0.1) is 27.2 Å². The summed E-state index contributed by atoms with van der Waals surface area (Å²) in [6.07, 6.45) is 1.65. The van der Waals surface area contributed by atoms with Crippen LogP contribution in [-0.2, 0) is 12.3 Å². The van der Waals surface area contributed by atoms with E-state index in [0.29, 0.717) is 55.7 Å². The smallest absolute Gasteiger partial charge is 0.262 e. The van der Waals surface area contributed by atoms with Crippen molar-refractivity contribution in [3.05, 3.63) is 81.3 Å². The Balaban J connectivity index is 1.64. The molecular weight excluding hydrogens is 431 g/mol. The second kappa shape index (κ2) is 8.41. The van der Waals surface area contributed by atoms with Crippen LogP contribution in [0.4, 0.5) is 0 Å². The molecule has 2 aromatic heterocycles. The van der Waals surface area contributed by atoms with E-state index in [-0.39, 0.29) is 5.56 Å². The van der Waals surface area contributed by atoms with E-state index in [1.165, 1.54) is 11.8 Å². The summed E-state index contributed by atoms with van der Waals surface area (Å²) in [5, 5.41) is 6.07. The Morgan fingerprint density at radius 3 is 2.79 bits per heavy atom. The summed E-state index contributed by atoms with van der Waals surface area (Å²) in [4.78, 5) is 21.8. The maximum Gasteiger partial charge on any atom is 0.262 e. The topological polar surface area (TPSA) is 73.8 Å². The van der Waals surface area contributed by atoms with E-state index in [0.717, 1.165) is 0 Å². The number of nitrogens with zero attached hydrogens (tertiary/aromatic N) is 4. The van der Waals surface area contributed by atoms with E-state index in [1.807, 2.05) is 18.2 Å². The van der Waals surface area contributed by atoms with Crippen molar-refractivity contribution >= 4 is 45.9 Å². The fourth-order valence-corrected chi connectivity index (χ4v) is 3.99. The Labute approximate surface area is 180 Å². The molecule has 0 saturated carbocycles. The molecule has 0 atom stereocenters. The fraction of sp³-hybridized carbons (Fsp3) is 0.100. The Hall–Kier alpha value is -2.61. The summed E-state index contributed by atoms with van der Waals surface area (Å²) in [6.45, 7) is 4.06. The van der Waals surface area contributed by atoms with Crippen molar-refractivity contribution < 1.29 is 4.52 Å². The molecule has 0 saturated heterocycles. The van der Waals surface area contributed by atoms with Crippen LogP contribution < -0.4 is 5.56 Å². The van der Waals surface area contributed by atoms with E-state index >= 15 is 0 Å². The van der Waals surface area contributed by atoms with E-state index in [1.54, 1.807) is 34.9 Å². The predicted molar refractivity (Wildman–Crippen MR) is 116 cm³/mol. The number of aromatic nitrogens is 4. The van der Waals surface area contributed by atoms with Crippen molar-refractivity contribution in [1.29, 1.82) is 0 Å². The molecule has 0 aliphatic rings. The van der Waals surface area contributed by atoms with Crippen LogP contribution in [0.5, 0.6) is 0 Å². The van der Waals surface area contributed by atoms with Gasteiger partial charge in [0.1, 0.15) is 0 Å². The first kappa shape index (κ1) is 19.7. The molecule has 0 N–H and O–H groups in total. The van der Waals surface area contributed by atoms with Crippen LogP contribution in [0.2, 0.25) is 10.0 Å². The van der Waals surface area contributed by atoms with Crippen molar-refractivity contribution in [2.45, 2.75) is 17.5 Å². The van der Waals surface area contributed by atoms with E-state index in [9.17, 15) is 4.79 Å². The number of halogens is 2. The minimum Gasteiger partial charge on any atom is -0.334 e. The van der Waals surface area contributed by atoms with Crippen molar-refractivity contribution in [3.63, 3.8) is 0 Å². The molecule has 6 nitrogen and oxygen atoms in total. The molecule has 2 aromatic carbocycles. The van der Waals surface area contributed by atoms with Crippen molar-refractivity contribution in [3.8, 4) is 11.5 Å². The van der Waals surface area contributed by atoms with Gasteiger partial charge in [0, 0.05) is 11.6 Å². The molecule has 4 rings (SSSR count). The van der Waals surface area contributed by atoms with E-state index in [2.05, 4.69) is 21.7 Å². The lowest BCUT2D eigenvalue weighted by atomic mass is 10.2. The molecule has 146 valence electrons. The Morgan fingerprint density at radius 2 is 2.00 bits per heavy atom. The highest BCUT2D eigenvalue weighted by atomic mass is 35.5. The maximum atomic E-state index is 12.8. The fourth-order valence-electron chi connectivity index (χ4n) is 2.76. The van der Waals surface area contributed by atoms with Crippen LogP contribution >= 0.6 is 35.0 Å². The minimum absolute atomic E-state index is 0.154. The molecule has 0 unspecified atom stereocenters. The van der Waals surface area contributed by atoms with Gasteiger partial charge in [0.25, 0.3) is 11.4 Å². The normalized spacial score (nSPS) is 11.1. The molecule has 0 radical (unpaired) electrons. The summed E-state index contributed by atoms with van der Waals surface area (Å²) < 4.78 is 6.88. The van der Waals surface area contributed by atoms with Crippen LogP contribution in [0.15, 0.2) is 69.6 Å². The Bertz CT molecular complexity index is 1270. The highest BCUT2D eigenvalue weighted by Gasteiger charge is 2.15. The van der Waals surface area contributed by atoms with Crippen molar-refractivity contribution in [2.24, 2.45) is 0 Å². The van der Waals surface area contributed by atoms with Gasteiger partial charge in [-0.3, -0.25) is 9.36 Å². The highest BCUT2D eigenvalue weighted by molar-refractivity contribution is 7.98. The summed E-state index contributed by atoms with van der Waals surface area (Å²) in [5.41, 5.74) is 1.05. The standard InChI is InChI=1S/C20H14Cl2N4O2S/c1-2-9-26-19(27)14-8-7-12(21)10-16(14)23-20(26)29-11-17-24-18(28-25-17)13-5-3-4-6-15(13)22/h2-8,10H,1,9,11H2. The molecule has 9 heteroatoms. The third-order valence-electron chi connectivity index (χ3n) is 4.10. The van der Waals surface area contributed by atoms with Crippen LogP contribution in [-0.4, -0.2) is 19.7 Å². The lowest BCUT2D eigenvalue weighted by molar-refractivity contribution is 0.425. The summed E-state index contributed by atoms with van der Waals surface area (Å²) in [6, 6.07) is 12.3. The first-order chi connectivity index (χ1) is 14.1. The SMILES string of the molecule is C=CCn1c(SCc2noc(-c3ccccc3Cl)n2)nc2cc(Cl)ccc2c1=O. The second-order valence-electron chi connectivity index (χ2n) is 6.04. The molecule has 0 aliphatic carbocycles. The third-order valence-corrected chi connectivity index (χ3v) is 5.63. The zero-order valence-electron chi connectivity index (χ0n) is 15.0. The van der Waals surface area contributed by atoms with E-state index in [4.69, 9.17) is 27.7 Å². The number of fused-ring (bicyclic) bond motifs is 1. The first-order valence-corrected chi connectivity index (χ1v) is 10.3. The van der Waals surface area contributed by atoms with Gasteiger partial charge in [0.15, 0.2) is 11.0 Å². The van der Waals surface area contributed by atoms with Gasteiger partial charge in [-0.2, -0.15) is 4.98 Å². The van der Waals surface area contributed by atoms with Gasteiger partial charge >= 0.3 is 0 Å². The van der Waals surface area contributed by atoms with Crippen LogP contribution in [0.1, 0.15) is 5.82 Å². The van der Waals surface area contributed by atoms with Gasteiger partial charge < -0.3 is 4.52 Å². The molecule has 0 fully saturated rings. The summed E-state index contributed by atoms with van der Waals surface area (Å²) in [5.74, 6) is 1.17. The van der Waals surface area contributed by atoms with Gasteiger partial charge in [0.2, 0.25) is 0 Å². The molecule has 4 aromatic rings. The highest BCUT2D eigenvalue weighted by Crippen LogP contribution is 2.28. The molecule has 2 heterocycles. The first-order valence-electron chi connectivity index (χ1n) is 8.58. The second-order valence-corrected chi connectivity index (χ2v) is 7.83. The number of hydrogen-bond donors (Lipinski definition) is 0. The number of benzene rings is 2. The zero-order valence-corrected chi connectivity index (χ0v) is 17.3. The Morgan fingerprint density at radius 1 is 1.17 bits per heavy atom. The summed E-state index contributed by atoms with van der Waals surface area (Å²) >= 11 is 13.6. The average molecular weight is 445 g/mol. The summed E-state index contributed by atoms with van der Waals surface area (Å²) in [7, 11) is 0. The monoisotopic (exact) mass is 444 g/mol. The van der Waals surface area contributed by atoms with Crippen molar-refractivity contribution in [2.75, 3.05) is 0 Å². The van der Waals surface area contributed by atoms with Gasteiger partial charge in [-0.05, 0) is 30.3 Å². The lowest BCUT2D eigenvalue weighted by Gasteiger charge is -2.10. The lowest BCUT2D eigenvalue weighted by Crippen LogP contribution is -2.22. The average Bonchev–Trinajstić information content (AvgIpc) is 3.18. The van der Waals surface area contributed by atoms with E-state index < -0.39 is 0 Å². The maximum absolute atomic E-state index is 12.8. The van der Waals surface area contributed by atoms with Crippen LogP contribution in [0, 0.1) is 0 Å². The number of thioether (sulfide) groups is 1. The van der Waals surface area contributed by atoms with Gasteiger partial charge in [-0.15, -0.1) is 6.58 Å². The molecular formula is C20H14Cl2N4O2S. The largest absolute Gasteiger partial charge is 0.334 e. The predicted octanol–water partition coefficient (Wildman–Crippen LogP) is 5.23. The molecule has 0 amide bonds. The number of hydrogen-bond acceptors (Lipinski definition) is 6. The number of allylic oxidation sites excluding steroid dienone is 1. The molecule has 29 heavy (non-hydrogen) atoms. The van der Waals surface area contributed by atoms with Gasteiger partial charge in [-0.25, -0.2) is 4.98 Å². The molecule has 0 spiro atoms. The molecule has 0 aliphatic heterocycles. The molecule has 0 bridgehead atoms. The van der Waals surface area contributed by atoms with Gasteiger partial charge in [-0.1, -0.05) is 58.3 Å². The zero-order chi connectivity index (χ0) is 20.4. The number of rotatable bonds is 6.